The number of hydrogen-bond acceptors (Lipinski definition) is 10. The normalized spacial score (nSPS) is 40.3. The number of ketones is 1. The van der Waals surface area contributed by atoms with Gasteiger partial charge in [0, 0.05) is 38.1 Å². The van der Waals surface area contributed by atoms with E-state index in [4.69, 9.17) is 23.7 Å². The second-order valence-electron chi connectivity index (χ2n) is 15.1. The molecule has 4 fully saturated rings. The molecular weight excluding hydrogens is 562 g/mol. The van der Waals surface area contributed by atoms with Crippen molar-refractivity contribution >= 4 is 11.8 Å². The van der Waals surface area contributed by atoms with Crippen molar-refractivity contribution in [1.82, 2.24) is 14.7 Å². The number of piperidine rings is 1. The zero-order valence-electron chi connectivity index (χ0n) is 29.2. The number of carbonyl (C=O) groups is 2. The summed E-state index contributed by atoms with van der Waals surface area (Å²) in [6.07, 6.45) is 3.77. The van der Waals surface area contributed by atoms with Crippen LogP contribution in [0.3, 0.4) is 0 Å². The molecule has 0 spiro atoms. The summed E-state index contributed by atoms with van der Waals surface area (Å²) in [6, 6.07) is 0.136. The van der Waals surface area contributed by atoms with E-state index in [-0.39, 0.29) is 42.6 Å². The third kappa shape index (κ3) is 7.69. The van der Waals surface area contributed by atoms with Gasteiger partial charge in [-0.1, -0.05) is 20.8 Å². The number of fused-ring (bicyclic) bond motifs is 2. The second-order valence-corrected chi connectivity index (χ2v) is 15.1. The molecule has 0 bridgehead atoms. The average molecular weight is 624 g/mol. The third-order valence-electron chi connectivity index (χ3n) is 10.7. The first-order chi connectivity index (χ1) is 20.7. The molecule has 4 aliphatic heterocycles. The fourth-order valence-corrected chi connectivity index (χ4v) is 8.05. The lowest BCUT2D eigenvalue weighted by Gasteiger charge is -2.55. The summed E-state index contributed by atoms with van der Waals surface area (Å²) >= 11 is 0. The van der Waals surface area contributed by atoms with Gasteiger partial charge in [0.1, 0.15) is 24.2 Å². The minimum Gasteiger partial charge on any atom is -0.463 e. The van der Waals surface area contributed by atoms with Crippen molar-refractivity contribution in [2.75, 3.05) is 61.0 Å². The molecule has 0 radical (unpaired) electrons. The molecule has 0 unspecified atom stereocenters. The van der Waals surface area contributed by atoms with Crippen LogP contribution in [0.4, 0.5) is 0 Å². The largest absolute Gasteiger partial charge is 0.463 e. The molecule has 10 heteroatoms. The van der Waals surface area contributed by atoms with Gasteiger partial charge in [0.05, 0.1) is 6.10 Å². The highest BCUT2D eigenvalue weighted by Crippen LogP contribution is 2.45. The lowest BCUT2D eigenvalue weighted by Crippen LogP contribution is -2.69. The maximum atomic E-state index is 14.2. The van der Waals surface area contributed by atoms with Gasteiger partial charge in [-0.05, 0) is 105 Å². The van der Waals surface area contributed by atoms with Crippen LogP contribution in [0.15, 0.2) is 0 Å². The molecule has 4 aliphatic rings. The Labute approximate surface area is 266 Å². The highest BCUT2D eigenvalue weighted by atomic mass is 16.8. The number of ether oxygens (including phenoxy) is 5. The number of likely N-dealkylation sites (N-methyl/N-ethyl adjacent to an activating group) is 1. The van der Waals surface area contributed by atoms with Gasteiger partial charge in [-0.15, -0.1) is 0 Å². The molecule has 44 heavy (non-hydrogen) atoms. The Kier molecular flexibility index (Phi) is 12.0. The Hall–Kier alpha value is -1.14. The highest BCUT2D eigenvalue weighted by Gasteiger charge is 2.59. The lowest BCUT2D eigenvalue weighted by atomic mass is 9.76. The van der Waals surface area contributed by atoms with Gasteiger partial charge in [-0.25, -0.2) is 0 Å². The minimum absolute atomic E-state index is 0.0301. The number of nitrogens with zero attached hydrogens (tertiary/aromatic N) is 3. The van der Waals surface area contributed by atoms with E-state index in [1.807, 2.05) is 13.8 Å². The number of cyclic esters (lactones) is 1. The van der Waals surface area contributed by atoms with Gasteiger partial charge >= 0.3 is 5.97 Å². The molecule has 4 heterocycles. The Balaban J connectivity index is 1.71. The van der Waals surface area contributed by atoms with E-state index in [1.54, 1.807) is 21.0 Å². The molecule has 4 saturated heterocycles. The lowest BCUT2D eigenvalue weighted by molar-refractivity contribution is -0.424. The van der Waals surface area contributed by atoms with Crippen LogP contribution in [0.25, 0.3) is 0 Å². The summed E-state index contributed by atoms with van der Waals surface area (Å²) < 4.78 is 32.5. The fraction of sp³-hybridized carbons (Fsp3) is 0.941. The quantitative estimate of drug-likeness (QED) is 0.322. The summed E-state index contributed by atoms with van der Waals surface area (Å²) in [5.74, 6) is -1.90. The van der Waals surface area contributed by atoms with Gasteiger partial charge in [-0.3, -0.25) is 14.5 Å². The zero-order valence-corrected chi connectivity index (χ0v) is 29.2. The summed E-state index contributed by atoms with van der Waals surface area (Å²) in [7, 11) is 7.94. The van der Waals surface area contributed by atoms with Gasteiger partial charge in [-0.2, -0.15) is 0 Å². The fourth-order valence-electron chi connectivity index (χ4n) is 8.05. The molecule has 0 aromatic rings. The van der Waals surface area contributed by atoms with Crippen LogP contribution < -0.4 is 0 Å². The first-order valence-electron chi connectivity index (χ1n) is 17.1. The van der Waals surface area contributed by atoms with Crippen LogP contribution in [0.2, 0.25) is 0 Å². The number of Topliss-reactive ketones (excluding diaryl/α,β-unsaturated/α-hetero) is 1. The number of likely N-dealkylation sites (tertiary alicyclic amines) is 1. The first-order valence-corrected chi connectivity index (χ1v) is 17.1. The van der Waals surface area contributed by atoms with Crippen molar-refractivity contribution in [3.8, 4) is 0 Å². The number of rotatable bonds is 6. The van der Waals surface area contributed by atoms with Crippen LogP contribution >= 0.6 is 0 Å². The zero-order chi connectivity index (χ0) is 32.4. The van der Waals surface area contributed by atoms with Crippen molar-refractivity contribution in [2.24, 2.45) is 23.2 Å². The van der Waals surface area contributed by atoms with Crippen molar-refractivity contribution < 1.29 is 33.3 Å². The Bertz CT molecular complexity index is 971. The topological polar surface area (TPSA) is 90.0 Å². The predicted octanol–water partition coefficient (Wildman–Crippen LogP) is 3.81. The summed E-state index contributed by atoms with van der Waals surface area (Å²) in [5.41, 5.74) is -1.36. The molecule has 0 N–H and O–H groups in total. The summed E-state index contributed by atoms with van der Waals surface area (Å²) in [4.78, 5) is 35.0. The van der Waals surface area contributed by atoms with E-state index in [2.05, 4.69) is 49.7 Å². The number of hydrogen-bond donors (Lipinski definition) is 0. The molecule has 0 aromatic heterocycles. The highest BCUT2D eigenvalue weighted by molar-refractivity contribution is 6.04. The van der Waals surface area contributed by atoms with E-state index in [0.717, 1.165) is 58.3 Å². The van der Waals surface area contributed by atoms with E-state index in [9.17, 15) is 9.59 Å². The minimum atomic E-state index is -1.36. The molecule has 0 amide bonds. The van der Waals surface area contributed by atoms with Gasteiger partial charge in [0.2, 0.25) is 0 Å². The number of esters is 1. The van der Waals surface area contributed by atoms with Crippen molar-refractivity contribution in [3.05, 3.63) is 0 Å². The molecule has 0 aliphatic carbocycles. The monoisotopic (exact) mass is 623 g/mol. The first kappa shape index (κ1) is 35.7. The SMILES string of the molecule is CCCN1C[C@H](C)C[C@]2(OC)O[C@H]3[C@@H](O[C@H](C)C[C@@H]3N(C)C)O[C@@H]2[C@@H](C)C(=O)C(C)(C)C(=O)OC[C@H]1CC1CCN(C)CC1. The third-order valence-corrected chi connectivity index (χ3v) is 10.7. The Morgan fingerprint density at radius 3 is 2.36 bits per heavy atom. The maximum absolute atomic E-state index is 14.2. The predicted molar refractivity (Wildman–Crippen MR) is 169 cm³/mol. The van der Waals surface area contributed by atoms with E-state index in [1.165, 1.54) is 0 Å². The smallest absolute Gasteiger partial charge is 0.319 e. The van der Waals surface area contributed by atoms with Crippen LogP contribution in [0.1, 0.15) is 80.1 Å². The standard InChI is InChI=1S/C34H61N3O7/c1-11-14-37-20-22(2)19-34(40-10)30(43-31-28(44-34)27(35(7)8)17-23(3)42-31)24(4)29(38)33(5,6)32(39)41-21-26(37)18-25-12-15-36(9)16-13-25/h22-28,30-31H,11-21H2,1-10H3/t22-,23-,24+,26-,27+,28-,30-,31+,34+/m1/s1. The molecule has 0 saturated carbocycles. The molecule has 10 nitrogen and oxygen atoms in total. The van der Waals surface area contributed by atoms with E-state index in [0.29, 0.717) is 12.3 Å². The van der Waals surface area contributed by atoms with Gasteiger partial charge in [0.15, 0.2) is 17.9 Å². The second kappa shape index (κ2) is 14.7. The van der Waals surface area contributed by atoms with E-state index >= 15 is 0 Å². The van der Waals surface area contributed by atoms with Crippen molar-refractivity contribution in [1.29, 1.82) is 0 Å². The molecule has 4 rings (SSSR count). The molecular formula is C34H61N3O7. The molecule has 9 atom stereocenters. The maximum Gasteiger partial charge on any atom is 0.319 e. The van der Waals surface area contributed by atoms with Gasteiger partial charge in [0.25, 0.3) is 0 Å². The Morgan fingerprint density at radius 1 is 1.07 bits per heavy atom. The Morgan fingerprint density at radius 2 is 1.75 bits per heavy atom. The summed E-state index contributed by atoms with van der Waals surface area (Å²) in [6.45, 7) is 15.8. The van der Waals surface area contributed by atoms with Crippen molar-refractivity contribution in [3.63, 3.8) is 0 Å². The van der Waals surface area contributed by atoms with E-state index < -0.39 is 35.5 Å². The average Bonchev–Trinajstić information content (AvgIpc) is 2.98. The van der Waals surface area contributed by atoms with Crippen LogP contribution in [-0.2, 0) is 33.3 Å². The summed E-state index contributed by atoms with van der Waals surface area (Å²) in [5, 5.41) is 0. The molecule has 0 aromatic carbocycles. The number of methoxy groups -OCH3 is 1. The van der Waals surface area contributed by atoms with Crippen molar-refractivity contribution in [2.45, 2.75) is 123 Å². The van der Waals surface area contributed by atoms with Crippen LogP contribution in [-0.4, -0.2) is 130 Å². The van der Waals surface area contributed by atoms with Crippen LogP contribution in [0.5, 0.6) is 0 Å². The number of carbonyl (C=O) groups excluding carboxylic acids is 2. The molecule has 254 valence electrons. The van der Waals surface area contributed by atoms with Gasteiger partial charge < -0.3 is 33.5 Å². The van der Waals surface area contributed by atoms with Crippen LogP contribution in [0, 0.1) is 23.2 Å².